The average molecular weight is 444 g/mol. The highest BCUT2D eigenvalue weighted by Crippen LogP contribution is 2.29. The lowest BCUT2D eigenvalue weighted by atomic mass is 10.0. The minimum Gasteiger partial charge on any atom is -0.405 e. The molecular formula is C25H22F2N6. The van der Waals surface area contributed by atoms with Gasteiger partial charge in [0.05, 0.1) is 0 Å². The van der Waals surface area contributed by atoms with Gasteiger partial charge in [0.2, 0.25) is 0 Å². The molecule has 0 amide bonds. The molecule has 0 atom stereocenters. The van der Waals surface area contributed by atoms with E-state index >= 15 is 4.39 Å². The number of nitrogens with zero attached hydrogens (tertiary/aromatic N) is 3. The monoisotopic (exact) mass is 444 g/mol. The van der Waals surface area contributed by atoms with Crippen molar-refractivity contribution >= 4 is 17.6 Å². The van der Waals surface area contributed by atoms with E-state index < -0.39 is 11.6 Å². The summed E-state index contributed by atoms with van der Waals surface area (Å²) in [5, 5.41) is 2.92. The van der Waals surface area contributed by atoms with Crippen molar-refractivity contribution in [3.63, 3.8) is 0 Å². The van der Waals surface area contributed by atoms with E-state index in [1.807, 2.05) is 6.92 Å². The van der Waals surface area contributed by atoms with Crippen LogP contribution in [0.3, 0.4) is 0 Å². The minimum atomic E-state index is -0.526. The van der Waals surface area contributed by atoms with Gasteiger partial charge in [0, 0.05) is 47.6 Å². The Kier molecular flexibility index (Phi) is 6.26. The molecule has 0 radical (unpaired) electrons. The Balaban J connectivity index is 1.55. The molecule has 0 saturated carbocycles. The van der Waals surface area contributed by atoms with E-state index in [1.165, 1.54) is 18.5 Å². The first-order valence-corrected chi connectivity index (χ1v) is 10.2. The molecule has 0 unspecified atom stereocenters. The highest BCUT2D eigenvalue weighted by Gasteiger charge is 2.13. The van der Waals surface area contributed by atoms with Gasteiger partial charge in [0.1, 0.15) is 11.5 Å². The summed E-state index contributed by atoms with van der Waals surface area (Å²) in [6.45, 7) is 1.98. The second-order valence-electron chi connectivity index (χ2n) is 7.44. The predicted molar refractivity (Wildman–Crippen MR) is 127 cm³/mol. The van der Waals surface area contributed by atoms with Crippen molar-refractivity contribution in [1.82, 2.24) is 15.0 Å². The molecule has 4 rings (SSSR count). The fraction of sp³-hybridized carbons (Fsp3) is 0.0800. The van der Waals surface area contributed by atoms with Crippen LogP contribution in [0.25, 0.3) is 28.5 Å². The molecule has 0 aliphatic heterocycles. The van der Waals surface area contributed by atoms with Crippen LogP contribution in [0.15, 0.2) is 67.3 Å². The molecule has 0 spiro atoms. The van der Waals surface area contributed by atoms with Crippen molar-refractivity contribution in [2.75, 3.05) is 11.1 Å². The number of aryl methyl sites for hydroxylation is 1. The van der Waals surface area contributed by atoms with E-state index in [2.05, 4.69) is 20.3 Å². The molecule has 1 aromatic carbocycles. The first kappa shape index (κ1) is 21.9. The van der Waals surface area contributed by atoms with Gasteiger partial charge in [-0.1, -0.05) is 6.07 Å². The summed E-state index contributed by atoms with van der Waals surface area (Å²) in [5.41, 5.74) is 15.8. The molecule has 33 heavy (non-hydrogen) atoms. The molecule has 3 aromatic heterocycles. The lowest BCUT2D eigenvalue weighted by Crippen LogP contribution is -2.06. The fourth-order valence-corrected chi connectivity index (χ4v) is 3.45. The number of nitrogen functional groups attached to an aromatic ring is 1. The summed E-state index contributed by atoms with van der Waals surface area (Å²) in [4.78, 5) is 12.4. The van der Waals surface area contributed by atoms with Gasteiger partial charge in [-0.25, -0.2) is 13.8 Å². The van der Waals surface area contributed by atoms with E-state index in [9.17, 15) is 4.39 Å². The van der Waals surface area contributed by atoms with Crippen molar-refractivity contribution in [2.45, 2.75) is 13.5 Å². The quantitative estimate of drug-likeness (QED) is 0.365. The Labute approximate surface area is 190 Å². The third-order valence-electron chi connectivity index (χ3n) is 5.09. The summed E-state index contributed by atoms with van der Waals surface area (Å²) < 4.78 is 29.9. The van der Waals surface area contributed by atoms with Crippen LogP contribution in [0.5, 0.6) is 0 Å². The van der Waals surface area contributed by atoms with Gasteiger partial charge in [-0.3, -0.25) is 9.97 Å². The molecule has 8 heteroatoms. The zero-order valence-electron chi connectivity index (χ0n) is 17.9. The van der Waals surface area contributed by atoms with Crippen LogP contribution in [0.2, 0.25) is 0 Å². The molecule has 0 aliphatic rings. The molecule has 0 aliphatic carbocycles. The van der Waals surface area contributed by atoms with Crippen molar-refractivity contribution in [3.8, 4) is 22.4 Å². The Morgan fingerprint density at radius 1 is 0.970 bits per heavy atom. The third-order valence-corrected chi connectivity index (χ3v) is 5.09. The van der Waals surface area contributed by atoms with Crippen LogP contribution < -0.4 is 16.8 Å². The normalized spacial score (nSPS) is 11.1. The lowest BCUT2D eigenvalue weighted by Gasteiger charge is -2.12. The number of aromatic nitrogens is 3. The summed E-state index contributed by atoms with van der Waals surface area (Å²) >= 11 is 0. The van der Waals surface area contributed by atoms with Crippen molar-refractivity contribution in [1.29, 1.82) is 0 Å². The van der Waals surface area contributed by atoms with Gasteiger partial charge in [0.25, 0.3) is 0 Å². The summed E-state index contributed by atoms with van der Waals surface area (Å²) in [6.07, 6.45) is 7.69. The van der Waals surface area contributed by atoms with Gasteiger partial charge in [-0.2, -0.15) is 0 Å². The van der Waals surface area contributed by atoms with Crippen LogP contribution in [0, 0.1) is 18.6 Å². The smallest absolute Gasteiger partial charge is 0.173 e. The molecule has 5 N–H and O–H groups in total. The Bertz CT molecular complexity index is 1340. The number of nitrogens with one attached hydrogen (secondary N) is 1. The van der Waals surface area contributed by atoms with Crippen LogP contribution in [-0.4, -0.2) is 15.0 Å². The first-order chi connectivity index (χ1) is 16.0. The van der Waals surface area contributed by atoms with E-state index in [0.717, 1.165) is 5.69 Å². The number of hydrogen-bond donors (Lipinski definition) is 3. The predicted octanol–water partition coefficient (Wildman–Crippen LogP) is 4.92. The topological polar surface area (TPSA) is 103 Å². The number of nitrogens with two attached hydrogens (primary N) is 2. The van der Waals surface area contributed by atoms with E-state index in [1.54, 1.807) is 54.9 Å². The molecule has 0 fully saturated rings. The summed E-state index contributed by atoms with van der Waals surface area (Å²) in [7, 11) is 0. The zero-order valence-corrected chi connectivity index (χ0v) is 17.9. The number of rotatable bonds is 6. The third kappa shape index (κ3) is 4.79. The van der Waals surface area contributed by atoms with Crippen LogP contribution in [0.4, 0.5) is 20.3 Å². The van der Waals surface area contributed by atoms with E-state index in [4.69, 9.17) is 11.5 Å². The number of halogens is 2. The second-order valence-corrected chi connectivity index (χ2v) is 7.44. The number of hydrogen-bond acceptors (Lipinski definition) is 6. The highest BCUT2D eigenvalue weighted by atomic mass is 19.1. The SMILES string of the molecule is Cc1cc(-c2ncc(CNc3nccc(-c4ccc(N)c(/C=C\N)c4)c3F)cc2F)ccn1. The molecular weight excluding hydrogens is 422 g/mol. The molecule has 0 saturated heterocycles. The maximum Gasteiger partial charge on any atom is 0.173 e. The Hall–Kier alpha value is -4.33. The standard InChI is InChI=1S/C25H22F2N6/c1-15-10-19(5-8-30-15)24-21(26)11-16(13-32-24)14-33-25-23(27)20(6-9-31-25)17-2-3-22(29)18(12-17)4-7-28/h2-13H,14,28-29H2,1H3,(H,31,33)/b7-4-. The number of pyridine rings is 3. The maximum atomic E-state index is 15.2. The van der Waals surface area contributed by atoms with Crippen molar-refractivity contribution < 1.29 is 8.78 Å². The van der Waals surface area contributed by atoms with Gasteiger partial charge in [-0.15, -0.1) is 0 Å². The van der Waals surface area contributed by atoms with Gasteiger partial charge in [-0.05, 0) is 72.3 Å². The summed E-state index contributed by atoms with van der Waals surface area (Å²) in [6, 6.07) is 11.6. The van der Waals surface area contributed by atoms with Gasteiger partial charge >= 0.3 is 0 Å². The average Bonchev–Trinajstić information content (AvgIpc) is 2.80. The zero-order chi connectivity index (χ0) is 23.4. The van der Waals surface area contributed by atoms with E-state index in [-0.39, 0.29) is 18.1 Å². The van der Waals surface area contributed by atoms with Crippen LogP contribution >= 0.6 is 0 Å². The molecule has 166 valence electrons. The molecule has 3 heterocycles. The van der Waals surface area contributed by atoms with Gasteiger partial charge < -0.3 is 16.8 Å². The Morgan fingerprint density at radius 3 is 2.55 bits per heavy atom. The first-order valence-electron chi connectivity index (χ1n) is 10.2. The fourth-order valence-electron chi connectivity index (χ4n) is 3.45. The van der Waals surface area contributed by atoms with Crippen molar-refractivity contribution in [3.05, 3.63) is 95.7 Å². The molecule has 4 aromatic rings. The second kappa shape index (κ2) is 9.44. The van der Waals surface area contributed by atoms with E-state index in [0.29, 0.717) is 33.5 Å². The minimum absolute atomic E-state index is 0.0504. The van der Waals surface area contributed by atoms with Crippen molar-refractivity contribution in [2.24, 2.45) is 5.73 Å². The highest BCUT2D eigenvalue weighted by molar-refractivity contribution is 5.75. The maximum absolute atomic E-state index is 15.2. The van der Waals surface area contributed by atoms with Gasteiger partial charge in [0.15, 0.2) is 11.6 Å². The van der Waals surface area contributed by atoms with Crippen LogP contribution in [0.1, 0.15) is 16.8 Å². The summed E-state index contributed by atoms with van der Waals surface area (Å²) in [5.74, 6) is -0.943. The number of benzene rings is 1. The molecule has 6 nitrogen and oxygen atoms in total. The molecule has 0 bridgehead atoms. The number of anilines is 2. The Morgan fingerprint density at radius 2 is 1.79 bits per heavy atom. The largest absolute Gasteiger partial charge is 0.405 e. The lowest BCUT2D eigenvalue weighted by molar-refractivity contribution is 0.622. The van der Waals surface area contributed by atoms with Crippen LogP contribution in [-0.2, 0) is 6.54 Å².